The number of amides is 1. The molecule has 1 aromatic heterocycles. The van der Waals surface area contributed by atoms with Crippen LogP contribution in [0, 0.1) is 0 Å². The number of nitrogens with zero attached hydrogens (tertiary/aromatic N) is 2. The van der Waals surface area contributed by atoms with Gasteiger partial charge in [-0.05, 0) is 35.4 Å². The van der Waals surface area contributed by atoms with Crippen molar-refractivity contribution in [2.24, 2.45) is 0 Å². The summed E-state index contributed by atoms with van der Waals surface area (Å²) in [5, 5.41) is 10.8. The van der Waals surface area contributed by atoms with E-state index in [1.807, 2.05) is 72.8 Å². The van der Waals surface area contributed by atoms with Gasteiger partial charge in [-0.2, -0.15) is 0 Å². The predicted molar refractivity (Wildman–Crippen MR) is 133 cm³/mol. The number of hydrogen-bond donors (Lipinski definition) is 1. The van der Waals surface area contributed by atoms with Gasteiger partial charge in [-0.1, -0.05) is 79.7 Å². The van der Waals surface area contributed by atoms with E-state index in [2.05, 4.69) is 15.5 Å². The van der Waals surface area contributed by atoms with Crippen LogP contribution in [0.25, 0.3) is 11.3 Å². The third-order valence-corrected chi connectivity index (χ3v) is 7.21. The number of aromatic nitrogens is 2. The zero-order chi connectivity index (χ0) is 24.0. The molecule has 0 aliphatic rings. The van der Waals surface area contributed by atoms with Crippen molar-refractivity contribution < 1.29 is 13.2 Å². The van der Waals surface area contributed by atoms with Crippen molar-refractivity contribution in [2.45, 2.75) is 24.3 Å². The second-order valence-corrected chi connectivity index (χ2v) is 10.1. The molecule has 6 nitrogen and oxygen atoms in total. The van der Waals surface area contributed by atoms with Gasteiger partial charge < -0.3 is 5.32 Å². The Morgan fingerprint density at radius 2 is 1.38 bits per heavy atom. The Labute approximate surface area is 199 Å². The summed E-state index contributed by atoms with van der Waals surface area (Å²) in [6.07, 6.45) is 0.314. The van der Waals surface area contributed by atoms with Crippen LogP contribution in [0.2, 0.25) is 0 Å². The molecule has 0 bridgehead atoms. The molecule has 0 atom stereocenters. The van der Waals surface area contributed by atoms with E-state index < -0.39 is 9.84 Å². The summed E-state index contributed by atoms with van der Waals surface area (Å²) >= 11 is 0. The van der Waals surface area contributed by atoms with Crippen LogP contribution in [0.1, 0.15) is 30.4 Å². The summed E-state index contributed by atoms with van der Waals surface area (Å²) in [6, 6.07) is 30.3. The maximum Gasteiger partial charge on any atom is 0.225 e. The molecule has 3 aromatic carbocycles. The zero-order valence-electron chi connectivity index (χ0n) is 18.8. The molecule has 172 valence electrons. The molecular weight excluding hydrogens is 446 g/mol. The first-order valence-electron chi connectivity index (χ1n) is 11.0. The monoisotopic (exact) mass is 471 g/mol. The highest BCUT2D eigenvalue weighted by Crippen LogP contribution is 2.28. The zero-order valence-corrected chi connectivity index (χ0v) is 19.6. The van der Waals surface area contributed by atoms with Gasteiger partial charge in [0.1, 0.15) is 0 Å². The van der Waals surface area contributed by atoms with Crippen LogP contribution in [0.5, 0.6) is 0 Å². The lowest BCUT2D eigenvalue weighted by atomic mass is 9.88. The fourth-order valence-electron chi connectivity index (χ4n) is 3.71. The molecule has 0 radical (unpaired) electrons. The van der Waals surface area contributed by atoms with Crippen LogP contribution in [-0.2, 0) is 14.6 Å². The summed E-state index contributed by atoms with van der Waals surface area (Å²) < 4.78 is 23.8. The third kappa shape index (κ3) is 5.55. The smallest absolute Gasteiger partial charge is 0.225 e. The van der Waals surface area contributed by atoms with Gasteiger partial charge in [0.25, 0.3) is 0 Å². The molecule has 0 saturated carbocycles. The summed E-state index contributed by atoms with van der Waals surface area (Å²) in [5.74, 6) is -0.153. The number of carbonyl (C=O) groups excluding carboxylic acids is 1. The van der Waals surface area contributed by atoms with Gasteiger partial charge in [0.2, 0.25) is 5.91 Å². The Bertz CT molecular complexity index is 1300. The topological polar surface area (TPSA) is 89.0 Å². The van der Waals surface area contributed by atoms with Crippen LogP contribution in [0.4, 0.5) is 5.69 Å². The van der Waals surface area contributed by atoms with E-state index in [0.717, 1.165) is 16.7 Å². The SMILES string of the molecule is CCS(=O)(=O)c1ccc(-c2ccc(NC(=O)CC(c3ccccc3)c3ccccc3)cc2)nn1. The highest BCUT2D eigenvalue weighted by atomic mass is 32.2. The summed E-state index contributed by atoms with van der Waals surface area (Å²) in [4.78, 5) is 12.9. The molecule has 1 amide bonds. The molecule has 0 spiro atoms. The lowest BCUT2D eigenvalue weighted by molar-refractivity contribution is -0.116. The maximum absolute atomic E-state index is 12.9. The fourth-order valence-corrected chi connectivity index (χ4v) is 4.44. The Balaban J connectivity index is 1.46. The average Bonchev–Trinajstić information content (AvgIpc) is 2.89. The van der Waals surface area contributed by atoms with E-state index in [4.69, 9.17) is 0 Å². The minimum Gasteiger partial charge on any atom is -0.326 e. The minimum absolute atomic E-state index is 0.0230. The highest BCUT2D eigenvalue weighted by Gasteiger charge is 2.18. The van der Waals surface area contributed by atoms with Crippen LogP contribution in [0.3, 0.4) is 0 Å². The van der Waals surface area contributed by atoms with Gasteiger partial charge in [-0.25, -0.2) is 8.42 Å². The van der Waals surface area contributed by atoms with Gasteiger partial charge in [0, 0.05) is 23.6 Å². The first-order valence-corrected chi connectivity index (χ1v) is 12.7. The second-order valence-electron chi connectivity index (χ2n) is 7.86. The Morgan fingerprint density at radius 1 is 0.794 bits per heavy atom. The summed E-state index contributed by atoms with van der Waals surface area (Å²) in [5.41, 5.74) is 4.18. The largest absolute Gasteiger partial charge is 0.326 e. The second kappa shape index (κ2) is 10.4. The lowest BCUT2D eigenvalue weighted by Crippen LogP contribution is -2.16. The first kappa shape index (κ1) is 23.3. The van der Waals surface area contributed by atoms with Crippen LogP contribution < -0.4 is 5.32 Å². The van der Waals surface area contributed by atoms with Gasteiger partial charge in [-0.3, -0.25) is 4.79 Å². The standard InChI is InChI=1S/C27H25N3O3S/c1-2-34(32,33)27-18-17-25(29-30-27)22-13-15-23(16-14-22)28-26(31)19-24(20-9-5-3-6-10-20)21-11-7-4-8-12-21/h3-18,24H,2,19H2,1H3,(H,28,31). The quantitative estimate of drug-likeness (QED) is 0.386. The fraction of sp³-hybridized carbons (Fsp3) is 0.148. The Morgan fingerprint density at radius 3 is 1.88 bits per heavy atom. The molecule has 34 heavy (non-hydrogen) atoms. The third-order valence-electron chi connectivity index (χ3n) is 5.60. The Kier molecular flexibility index (Phi) is 7.13. The summed E-state index contributed by atoms with van der Waals surface area (Å²) in [6.45, 7) is 1.57. The van der Waals surface area contributed by atoms with Crippen molar-refractivity contribution in [3.05, 3.63) is 108 Å². The maximum atomic E-state index is 12.9. The molecule has 0 aliphatic heterocycles. The van der Waals surface area contributed by atoms with E-state index >= 15 is 0 Å². The van der Waals surface area contributed by atoms with Gasteiger partial charge in [0.15, 0.2) is 14.9 Å². The number of benzene rings is 3. The normalized spacial score (nSPS) is 11.4. The first-order chi connectivity index (χ1) is 16.5. The molecular formula is C27H25N3O3S. The van der Waals surface area contributed by atoms with Crippen molar-refractivity contribution in [1.82, 2.24) is 10.2 Å². The van der Waals surface area contributed by atoms with Crippen molar-refractivity contribution in [3.63, 3.8) is 0 Å². The molecule has 0 aliphatic carbocycles. The van der Waals surface area contributed by atoms with Crippen molar-refractivity contribution in [3.8, 4) is 11.3 Å². The van der Waals surface area contributed by atoms with Gasteiger partial charge in [0.05, 0.1) is 11.4 Å². The Hall–Kier alpha value is -3.84. The number of anilines is 1. The average molecular weight is 472 g/mol. The van der Waals surface area contributed by atoms with Crippen LogP contribution >= 0.6 is 0 Å². The van der Waals surface area contributed by atoms with E-state index in [1.165, 1.54) is 6.07 Å². The van der Waals surface area contributed by atoms with Crippen molar-refractivity contribution in [2.75, 3.05) is 11.1 Å². The van der Waals surface area contributed by atoms with E-state index in [-0.39, 0.29) is 22.6 Å². The molecule has 0 fully saturated rings. The molecule has 1 N–H and O–H groups in total. The number of sulfone groups is 1. The highest BCUT2D eigenvalue weighted by molar-refractivity contribution is 7.91. The van der Waals surface area contributed by atoms with E-state index in [1.54, 1.807) is 25.1 Å². The number of nitrogens with one attached hydrogen (secondary N) is 1. The number of rotatable bonds is 8. The van der Waals surface area contributed by atoms with Crippen molar-refractivity contribution >= 4 is 21.4 Å². The minimum atomic E-state index is -3.39. The summed E-state index contributed by atoms with van der Waals surface area (Å²) in [7, 11) is -3.39. The number of hydrogen-bond acceptors (Lipinski definition) is 5. The molecule has 1 heterocycles. The van der Waals surface area contributed by atoms with Crippen molar-refractivity contribution in [1.29, 1.82) is 0 Å². The van der Waals surface area contributed by atoms with Gasteiger partial charge >= 0.3 is 0 Å². The molecule has 4 rings (SSSR count). The van der Waals surface area contributed by atoms with Crippen LogP contribution in [0.15, 0.2) is 102 Å². The number of carbonyl (C=O) groups is 1. The van der Waals surface area contributed by atoms with Crippen LogP contribution in [-0.4, -0.2) is 30.3 Å². The van der Waals surface area contributed by atoms with E-state index in [0.29, 0.717) is 17.8 Å². The molecule has 0 unspecified atom stereocenters. The van der Waals surface area contributed by atoms with Gasteiger partial charge in [-0.15, -0.1) is 10.2 Å². The molecule has 0 saturated heterocycles. The lowest BCUT2D eigenvalue weighted by Gasteiger charge is -2.18. The van der Waals surface area contributed by atoms with E-state index in [9.17, 15) is 13.2 Å². The molecule has 7 heteroatoms. The predicted octanol–water partition coefficient (Wildman–Crippen LogP) is 5.10. The molecule has 4 aromatic rings.